The number of aryl methyl sites for hydroxylation is 1. The Bertz CT molecular complexity index is 709. The first kappa shape index (κ1) is 24.2. The third kappa shape index (κ3) is 8.35. The molecule has 3 rings (SSSR count). The van der Waals surface area contributed by atoms with Crippen molar-refractivity contribution >= 4 is 5.69 Å². The van der Waals surface area contributed by atoms with Gasteiger partial charge in [-0.3, -0.25) is 4.98 Å². The molecule has 1 aliphatic rings. The molecule has 30 heavy (non-hydrogen) atoms. The first-order valence-corrected chi connectivity index (χ1v) is 11.9. The van der Waals surface area contributed by atoms with Crippen molar-refractivity contribution in [2.75, 3.05) is 18.4 Å². The summed E-state index contributed by atoms with van der Waals surface area (Å²) in [6, 6.07) is 10.8. The average molecular weight is 412 g/mol. The highest BCUT2D eigenvalue weighted by atomic mass is 16.5. The van der Waals surface area contributed by atoms with Crippen LogP contribution in [0.2, 0.25) is 0 Å². The molecule has 0 atom stereocenters. The van der Waals surface area contributed by atoms with E-state index in [1.165, 1.54) is 55.3 Å². The summed E-state index contributed by atoms with van der Waals surface area (Å²) in [5, 5.41) is 7.02. The largest absolute Gasteiger partial charge is 0.489 e. The highest BCUT2D eigenvalue weighted by Gasteiger charge is 2.14. The van der Waals surface area contributed by atoms with Crippen molar-refractivity contribution in [2.45, 2.75) is 85.3 Å². The first-order chi connectivity index (χ1) is 14.7. The number of hydrogen-bond donors (Lipinski definition) is 2. The Labute approximate surface area is 183 Å². The van der Waals surface area contributed by atoms with Crippen LogP contribution in [0.4, 0.5) is 5.69 Å². The van der Waals surface area contributed by atoms with E-state index in [-0.39, 0.29) is 0 Å². The van der Waals surface area contributed by atoms with Crippen molar-refractivity contribution in [1.82, 2.24) is 10.3 Å². The molecule has 0 amide bonds. The molecule has 1 aromatic heterocycles. The summed E-state index contributed by atoms with van der Waals surface area (Å²) in [5.41, 5.74) is 4.85. The van der Waals surface area contributed by atoms with E-state index in [4.69, 9.17) is 4.74 Å². The van der Waals surface area contributed by atoms with Crippen LogP contribution in [0.3, 0.4) is 0 Å². The Morgan fingerprint density at radius 1 is 1.03 bits per heavy atom. The third-order valence-corrected chi connectivity index (χ3v) is 5.43. The molecule has 1 heterocycles. The number of aromatic nitrogens is 1. The van der Waals surface area contributed by atoms with Gasteiger partial charge >= 0.3 is 0 Å². The summed E-state index contributed by atoms with van der Waals surface area (Å²) >= 11 is 0. The highest BCUT2D eigenvalue weighted by Crippen LogP contribution is 2.23. The Kier molecular flexibility index (Phi) is 11.3. The predicted octanol–water partition coefficient (Wildman–Crippen LogP) is 6.28. The number of benzene rings is 1. The lowest BCUT2D eigenvalue weighted by atomic mass is 9.98. The van der Waals surface area contributed by atoms with Gasteiger partial charge in [-0.1, -0.05) is 39.3 Å². The minimum Gasteiger partial charge on any atom is -0.489 e. The van der Waals surface area contributed by atoms with Crippen LogP contribution < -0.4 is 15.4 Å². The molecule has 0 unspecified atom stereocenters. The highest BCUT2D eigenvalue weighted by molar-refractivity contribution is 5.53. The van der Waals surface area contributed by atoms with Gasteiger partial charge in [0.2, 0.25) is 0 Å². The van der Waals surface area contributed by atoms with E-state index in [0.717, 1.165) is 37.5 Å². The number of nitrogens with one attached hydrogen (secondary N) is 2. The standard InChI is InChI=1S/C24H35N3O.C2H6/c1-3-14-25-15-13-20-10-9-19(2)24(16-20)27-17-21-11-12-23(18-26-21)28-22-7-5-4-6-8-22;1-2/h9-12,16,18,22,25,27H,3-8,13-15,17H2,1-2H3;1-2H3. The van der Waals surface area contributed by atoms with Crippen LogP contribution in [0.15, 0.2) is 36.5 Å². The molecule has 0 bridgehead atoms. The minimum atomic E-state index is 0.372. The smallest absolute Gasteiger partial charge is 0.138 e. The fraction of sp³-hybridized carbons (Fsp3) is 0.577. The Morgan fingerprint density at radius 3 is 2.53 bits per heavy atom. The normalized spacial score (nSPS) is 14.0. The van der Waals surface area contributed by atoms with Crippen LogP contribution >= 0.6 is 0 Å². The topological polar surface area (TPSA) is 46.2 Å². The zero-order valence-electron chi connectivity index (χ0n) is 19.5. The molecule has 2 N–H and O–H groups in total. The molecule has 2 aromatic rings. The fourth-order valence-electron chi connectivity index (χ4n) is 3.70. The van der Waals surface area contributed by atoms with Gasteiger partial charge in [-0.25, -0.2) is 0 Å². The quantitative estimate of drug-likeness (QED) is 0.452. The summed E-state index contributed by atoms with van der Waals surface area (Å²) in [5.74, 6) is 0.897. The molecule has 4 heteroatoms. The van der Waals surface area contributed by atoms with Gasteiger partial charge < -0.3 is 15.4 Å². The van der Waals surface area contributed by atoms with Gasteiger partial charge in [0.25, 0.3) is 0 Å². The van der Waals surface area contributed by atoms with Gasteiger partial charge in [-0.15, -0.1) is 0 Å². The molecular weight excluding hydrogens is 370 g/mol. The Hall–Kier alpha value is -2.07. The zero-order valence-corrected chi connectivity index (χ0v) is 19.5. The van der Waals surface area contributed by atoms with E-state index >= 15 is 0 Å². The van der Waals surface area contributed by atoms with E-state index in [2.05, 4.69) is 59.8 Å². The number of ether oxygens (including phenoxy) is 1. The van der Waals surface area contributed by atoms with Crippen LogP contribution in [0.25, 0.3) is 0 Å². The van der Waals surface area contributed by atoms with Crippen LogP contribution in [-0.4, -0.2) is 24.2 Å². The lowest BCUT2D eigenvalue weighted by Crippen LogP contribution is -2.19. The van der Waals surface area contributed by atoms with Crippen molar-refractivity contribution in [3.05, 3.63) is 53.3 Å². The lowest BCUT2D eigenvalue weighted by Gasteiger charge is -2.22. The van der Waals surface area contributed by atoms with Crippen LogP contribution in [0.5, 0.6) is 5.75 Å². The Morgan fingerprint density at radius 2 is 1.83 bits per heavy atom. The third-order valence-electron chi connectivity index (χ3n) is 5.43. The van der Waals surface area contributed by atoms with Gasteiger partial charge in [0, 0.05) is 5.69 Å². The predicted molar refractivity (Wildman–Crippen MR) is 128 cm³/mol. The van der Waals surface area contributed by atoms with Crippen molar-refractivity contribution in [3.63, 3.8) is 0 Å². The number of nitrogens with zero attached hydrogens (tertiary/aromatic N) is 1. The molecule has 0 spiro atoms. The van der Waals surface area contributed by atoms with Gasteiger partial charge in [-0.2, -0.15) is 0 Å². The maximum atomic E-state index is 6.07. The zero-order chi connectivity index (χ0) is 21.6. The van der Waals surface area contributed by atoms with Gasteiger partial charge in [0.1, 0.15) is 5.75 Å². The van der Waals surface area contributed by atoms with Crippen LogP contribution in [0.1, 0.15) is 76.1 Å². The molecule has 1 aromatic carbocycles. The molecule has 0 saturated heterocycles. The second-order valence-corrected chi connectivity index (χ2v) is 7.87. The maximum absolute atomic E-state index is 6.07. The number of anilines is 1. The summed E-state index contributed by atoms with van der Waals surface area (Å²) in [4.78, 5) is 4.58. The van der Waals surface area contributed by atoms with Crippen molar-refractivity contribution in [1.29, 1.82) is 0 Å². The van der Waals surface area contributed by atoms with Gasteiger partial charge in [0.15, 0.2) is 0 Å². The number of rotatable bonds is 10. The van der Waals surface area contributed by atoms with Crippen LogP contribution in [0, 0.1) is 6.92 Å². The SMILES string of the molecule is CC.CCCNCCc1ccc(C)c(NCc2ccc(OC3CCCCC3)cn2)c1. The summed E-state index contributed by atoms with van der Waals surface area (Å²) in [6.45, 7) is 11.2. The molecule has 0 aliphatic heterocycles. The Balaban J connectivity index is 0.00000155. The summed E-state index contributed by atoms with van der Waals surface area (Å²) in [6.07, 6.45) is 10.7. The average Bonchev–Trinajstić information content (AvgIpc) is 2.80. The van der Waals surface area contributed by atoms with E-state index in [1.54, 1.807) is 0 Å². The summed E-state index contributed by atoms with van der Waals surface area (Å²) < 4.78 is 6.07. The lowest BCUT2D eigenvalue weighted by molar-refractivity contribution is 0.154. The fourth-order valence-corrected chi connectivity index (χ4v) is 3.70. The van der Waals surface area contributed by atoms with E-state index in [0.29, 0.717) is 6.10 Å². The molecule has 4 nitrogen and oxygen atoms in total. The minimum absolute atomic E-state index is 0.372. The second-order valence-electron chi connectivity index (χ2n) is 7.87. The van der Waals surface area contributed by atoms with E-state index < -0.39 is 0 Å². The van der Waals surface area contributed by atoms with Crippen molar-refractivity contribution < 1.29 is 4.74 Å². The van der Waals surface area contributed by atoms with Crippen molar-refractivity contribution in [3.8, 4) is 5.75 Å². The first-order valence-electron chi connectivity index (χ1n) is 11.9. The monoisotopic (exact) mass is 411 g/mol. The molecule has 1 fully saturated rings. The molecule has 0 radical (unpaired) electrons. The molecule has 166 valence electrons. The number of pyridine rings is 1. The van der Waals surface area contributed by atoms with E-state index in [1.807, 2.05) is 20.0 Å². The number of hydrogen-bond acceptors (Lipinski definition) is 4. The van der Waals surface area contributed by atoms with Crippen LogP contribution in [-0.2, 0) is 13.0 Å². The summed E-state index contributed by atoms with van der Waals surface area (Å²) in [7, 11) is 0. The molecule has 1 saturated carbocycles. The van der Waals surface area contributed by atoms with Gasteiger partial charge in [0.05, 0.1) is 24.5 Å². The second kappa shape index (κ2) is 14.0. The molecular formula is C26H41N3O. The molecule has 1 aliphatic carbocycles. The maximum Gasteiger partial charge on any atom is 0.138 e. The van der Waals surface area contributed by atoms with E-state index in [9.17, 15) is 0 Å². The van der Waals surface area contributed by atoms with Crippen molar-refractivity contribution in [2.24, 2.45) is 0 Å². The van der Waals surface area contributed by atoms with Gasteiger partial charge in [-0.05, 0) is 87.9 Å².